The van der Waals surface area contributed by atoms with Crippen LogP contribution in [0.25, 0.3) is 21.2 Å². The minimum absolute atomic E-state index is 0.0183. The van der Waals surface area contributed by atoms with Crippen molar-refractivity contribution in [2.75, 3.05) is 6.54 Å². The highest BCUT2D eigenvalue weighted by molar-refractivity contribution is 7.89. The lowest BCUT2D eigenvalue weighted by Crippen LogP contribution is -2.45. The first-order valence-electron chi connectivity index (χ1n) is 10.3. The Bertz CT molecular complexity index is 1480. The van der Waals surface area contributed by atoms with Gasteiger partial charge in [0.05, 0.1) is 4.90 Å². The molecule has 0 amide bonds. The number of sulfonamides is 1. The maximum Gasteiger partial charge on any atom is 0.326 e. The average molecular weight is 515 g/mol. The number of hydrogen-bond acceptors (Lipinski definition) is 6. The van der Waals surface area contributed by atoms with Gasteiger partial charge in [-0.1, -0.05) is 54.1 Å². The maximum atomic E-state index is 13.7. The van der Waals surface area contributed by atoms with Crippen molar-refractivity contribution in [2.45, 2.75) is 17.0 Å². The largest absolute Gasteiger partial charge is 0.480 e. The number of carboxylic acids is 1. The number of hydrogen-bond donors (Lipinski definition) is 2. The normalized spacial score (nSPS) is 18.6. The number of thiophene rings is 1. The molecular formula is C24H19ClN2O5S2. The van der Waals surface area contributed by atoms with Gasteiger partial charge in [0.15, 0.2) is 0 Å². The summed E-state index contributed by atoms with van der Waals surface area (Å²) in [6, 6.07) is 19.3. The van der Waals surface area contributed by atoms with Gasteiger partial charge in [0.1, 0.15) is 12.1 Å². The molecule has 5 rings (SSSR count). The smallest absolute Gasteiger partial charge is 0.326 e. The van der Waals surface area contributed by atoms with E-state index in [2.05, 4.69) is 0 Å². The van der Waals surface area contributed by atoms with Gasteiger partial charge in [-0.3, -0.25) is 9.63 Å². The van der Waals surface area contributed by atoms with E-state index in [-0.39, 0.29) is 11.4 Å². The molecule has 0 saturated carbocycles. The van der Waals surface area contributed by atoms with Crippen molar-refractivity contribution in [3.8, 4) is 11.1 Å². The highest BCUT2D eigenvalue weighted by atomic mass is 35.5. The first-order chi connectivity index (χ1) is 16.3. The van der Waals surface area contributed by atoms with Gasteiger partial charge in [0.25, 0.3) is 0 Å². The molecule has 2 atom stereocenters. The lowest BCUT2D eigenvalue weighted by Gasteiger charge is -2.35. The first kappa shape index (κ1) is 23.0. The van der Waals surface area contributed by atoms with Crippen molar-refractivity contribution in [2.24, 2.45) is 5.90 Å². The van der Waals surface area contributed by atoms with Crippen LogP contribution in [0.5, 0.6) is 0 Å². The molecule has 1 aromatic heterocycles. The van der Waals surface area contributed by atoms with E-state index in [1.165, 1.54) is 23.5 Å². The second-order valence-electron chi connectivity index (χ2n) is 7.85. The van der Waals surface area contributed by atoms with E-state index >= 15 is 0 Å². The van der Waals surface area contributed by atoms with Crippen LogP contribution in [0.3, 0.4) is 0 Å². The van der Waals surface area contributed by atoms with Crippen LogP contribution >= 0.6 is 22.9 Å². The third-order valence-electron chi connectivity index (χ3n) is 5.90. The fourth-order valence-corrected chi connectivity index (χ4v) is 7.23. The molecule has 34 heavy (non-hydrogen) atoms. The van der Waals surface area contributed by atoms with Crippen LogP contribution in [0.4, 0.5) is 0 Å². The number of rotatable bonds is 5. The Balaban J connectivity index is 1.59. The SMILES string of the molecule is NOC1CN(S(=O)(=O)c2ccc(-c3ccc(Cl)cc3)cc2)C(C(=O)O)c2c1sc1ccccc21. The molecule has 4 aromatic rings. The van der Waals surface area contributed by atoms with Gasteiger partial charge in [0.2, 0.25) is 10.0 Å². The number of benzene rings is 3. The molecule has 2 heterocycles. The summed E-state index contributed by atoms with van der Waals surface area (Å²) in [4.78, 5) is 18.2. The predicted molar refractivity (Wildman–Crippen MR) is 131 cm³/mol. The Morgan fingerprint density at radius 1 is 1.03 bits per heavy atom. The van der Waals surface area contributed by atoms with Gasteiger partial charge >= 0.3 is 5.97 Å². The minimum atomic E-state index is -4.19. The summed E-state index contributed by atoms with van der Waals surface area (Å²) in [6.07, 6.45) is -0.786. The van der Waals surface area contributed by atoms with E-state index in [9.17, 15) is 18.3 Å². The Labute approximate surface area is 205 Å². The zero-order chi connectivity index (χ0) is 24.0. The molecule has 0 spiro atoms. The number of carbonyl (C=O) groups is 1. The van der Waals surface area contributed by atoms with Gasteiger partial charge in [-0.25, -0.2) is 14.3 Å². The van der Waals surface area contributed by atoms with Crippen LogP contribution in [-0.2, 0) is 19.7 Å². The second kappa shape index (κ2) is 8.77. The topological polar surface area (TPSA) is 110 Å². The van der Waals surface area contributed by atoms with Crippen molar-refractivity contribution in [3.05, 3.63) is 88.3 Å². The number of nitrogens with zero attached hydrogens (tertiary/aromatic N) is 1. The van der Waals surface area contributed by atoms with E-state index in [4.69, 9.17) is 22.3 Å². The van der Waals surface area contributed by atoms with Crippen LogP contribution in [0.2, 0.25) is 5.02 Å². The molecule has 2 unspecified atom stereocenters. The van der Waals surface area contributed by atoms with Gasteiger partial charge in [-0.05, 0) is 46.8 Å². The third kappa shape index (κ3) is 3.80. The lowest BCUT2D eigenvalue weighted by molar-refractivity contribution is -0.142. The van der Waals surface area contributed by atoms with E-state index in [1.807, 2.05) is 24.3 Å². The summed E-state index contributed by atoms with van der Waals surface area (Å²) in [6.45, 7) is -0.214. The molecule has 0 bridgehead atoms. The molecule has 1 aliphatic heterocycles. The molecule has 1 aliphatic rings. The van der Waals surface area contributed by atoms with Crippen molar-refractivity contribution < 1.29 is 23.2 Å². The van der Waals surface area contributed by atoms with Gasteiger partial charge in [-0.15, -0.1) is 11.3 Å². The summed E-state index contributed by atoms with van der Waals surface area (Å²) >= 11 is 7.31. The van der Waals surface area contributed by atoms with E-state index < -0.39 is 28.1 Å². The van der Waals surface area contributed by atoms with E-state index in [0.29, 0.717) is 20.8 Å². The molecule has 0 aliphatic carbocycles. The van der Waals surface area contributed by atoms with Crippen molar-refractivity contribution in [1.29, 1.82) is 0 Å². The number of fused-ring (bicyclic) bond motifs is 3. The lowest BCUT2D eigenvalue weighted by atomic mass is 9.97. The number of aliphatic carboxylic acids is 1. The average Bonchev–Trinajstić information content (AvgIpc) is 3.23. The van der Waals surface area contributed by atoms with Crippen molar-refractivity contribution >= 4 is 49.0 Å². The predicted octanol–water partition coefficient (Wildman–Crippen LogP) is 4.98. The third-order valence-corrected chi connectivity index (χ3v) is 9.27. The number of carboxylic acid groups (broad SMARTS) is 1. The Hall–Kier alpha value is -2.79. The van der Waals surface area contributed by atoms with Crippen molar-refractivity contribution in [1.82, 2.24) is 4.31 Å². The quantitative estimate of drug-likeness (QED) is 0.363. The second-order valence-corrected chi connectivity index (χ2v) is 11.3. The molecule has 3 N–H and O–H groups in total. The summed E-state index contributed by atoms with van der Waals surface area (Å²) < 4.78 is 29.2. The monoisotopic (exact) mass is 514 g/mol. The van der Waals surface area contributed by atoms with Crippen LogP contribution in [0, 0.1) is 0 Å². The highest BCUT2D eigenvalue weighted by Crippen LogP contribution is 2.47. The van der Waals surface area contributed by atoms with Crippen molar-refractivity contribution in [3.63, 3.8) is 0 Å². The van der Waals surface area contributed by atoms with Crippen LogP contribution < -0.4 is 5.90 Å². The van der Waals surface area contributed by atoms with Crippen LogP contribution in [-0.4, -0.2) is 30.3 Å². The summed E-state index contributed by atoms with van der Waals surface area (Å²) in [5.41, 5.74) is 2.08. The summed E-state index contributed by atoms with van der Waals surface area (Å²) in [5.74, 6) is 4.27. The fraction of sp³-hybridized carbons (Fsp3) is 0.125. The Morgan fingerprint density at radius 2 is 1.65 bits per heavy atom. The molecule has 3 aromatic carbocycles. The molecule has 0 saturated heterocycles. The Morgan fingerprint density at radius 3 is 2.26 bits per heavy atom. The van der Waals surface area contributed by atoms with Gasteiger partial charge in [0, 0.05) is 26.7 Å². The molecule has 0 radical (unpaired) electrons. The first-order valence-corrected chi connectivity index (χ1v) is 12.9. The fourth-order valence-electron chi connectivity index (χ4n) is 4.29. The summed E-state index contributed by atoms with van der Waals surface area (Å²) in [5, 5.41) is 11.4. The molecule has 0 fully saturated rings. The molecular weight excluding hydrogens is 496 g/mol. The van der Waals surface area contributed by atoms with Gasteiger partial charge < -0.3 is 5.11 Å². The van der Waals surface area contributed by atoms with E-state index in [1.54, 1.807) is 36.4 Å². The van der Waals surface area contributed by atoms with Crippen LogP contribution in [0.15, 0.2) is 77.7 Å². The maximum absolute atomic E-state index is 13.7. The number of nitrogens with two attached hydrogens (primary N) is 1. The van der Waals surface area contributed by atoms with E-state index in [0.717, 1.165) is 20.1 Å². The highest BCUT2D eigenvalue weighted by Gasteiger charge is 2.46. The van der Waals surface area contributed by atoms with Gasteiger partial charge in [-0.2, -0.15) is 4.31 Å². The molecule has 7 nitrogen and oxygen atoms in total. The molecule has 10 heteroatoms. The van der Waals surface area contributed by atoms with Crippen LogP contribution in [0.1, 0.15) is 22.6 Å². The Kier molecular flexibility index (Phi) is 5.93. The number of halogens is 1. The minimum Gasteiger partial charge on any atom is -0.480 e. The summed E-state index contributed by atoms with van der Waals surface area (Å²) in [7, 11) is -4.19. The zero-order valence-corrected chi connectivity index (χ0v) is 20.0. The zero-order valence-electron chi connectivity index (χ0n) is 17.6. The molecule has 174 valence electrons. The standard InChI is InChI=1S/C24H19ClN2O5S2/c25-16-9-5-14(6-10-16)15-7-11-17(12-8-15)34(30,31)27-13-19(32-26)23-21(22(27)24(28)29)18-3-1-2-4-20(18)33-23/h1-12,19,22H,13,26H2,(H,28,29).